The van der Waals surface area contributed by atoms with Crippen LogP contribution in [0, 0.1) is 0 Å². The van der Waals surface area contributed by atoms with Gasteiger partial charge in [0.15, 0.2) is 12.4 Å². The summed E-state index contributed by atoms with van der Waals surface area (Å²) in [6.45, 7) is 5.56. The topological polar surface area (TPSA) is 175 Å². The number of amides is 1. The van der Waals surface area contributed by atoms with Gasteiger partial charge in [0.05, 0.1) is 25.4 Å². The van der Waals surface area contributed by atoms with Crippen LogP contribution >= 0.6 is 0 Å². The lowest BCUT2D eigenvalue weighted by Gasteiger charge is -2.41. The second-order valence-electron chi connectivity index (χ2n) is 20.1. The van der Waals surface area contributed by atoms with Crippen molar-refractivity contribution in [3.05, 3.63) is 109 Å². The van der Waals surface area contributed by atoms with Crippen molar-refractivity contribution in [3.8, 4) is 0 Å². The Morgan fingerprint density at radius 1 is 0.547 bits per heavy atom. The summed E-state index contributed by atoms with van der Waals surface area (Å²) in [5.41, 5.74) is 0. The van der Waals surface area contributed by atoms with Gasteiger partial charge in [0, 0.05) is 6.42 Å². The number of allylic oxidation sites excluding steroid dienone is 17. The highest BCUT2D eigenvalue weighted by molar-refractivity contribution is 5.80. The molecule has 11 heteroatoms. The first-order valence-corrected chi connectivity index (χ1v) is 29.7. The van der Waals surface area contributed by atoms with Gasteiger partial charge >= 0.3 is 5.97 Å². The van der Waals surface area contributed by atoms with Gasteiger partial charge in [0.25, 0.3) is 0 Å². The summed E-state index contributed by atoms with van der Waals surface area (Å²) in [6, 6.07) is -1.05. The standard InChI is InChI=1S/C64H107NO10/c1-4-7-10-13-16-19-22-25-26-27-28-29-30-31-34-36-39-42-45-48-51-57(68)63(72)65-55(56(67)50-47-44-41-38-35-32-23-20-17-14-11-8-5-2)54-73-64-62(61(71)60(70)58(53-66)74-64)75-59(69)52-49-46-43-40-37-33-24-21-18-15-12-9-6-3/h9,12,15-16,18-19,21,24-26,28-29,31,33-34,37,47,50,55-58,60-62,64,66-68,70-71H,4-8,10-11,13-14,17,20,22-23,27,30,32,35-36,38-46,48-49,51-54H2,1-3H3,(H,65,72)/b12-9+,18-15+,19-16-,24-21-,26-25-,29-28-,34-31-,37-33-,50-47+. The molecule has 0 bridgehead atoms. The van der Waals surface area contributed by atoms with Gasteiger partial charge in [-0.15, -0.1) is 0 Å². The first kappa shape index (κ1) is 69.3. The third-order valence-electron chi connectivity index (χ3n) is 13.3. The van der Waals surface area contributed by atoms with Crippen molar-refractivity contribution in [2.24, 2.45) is 0 Å². The Kier molecular flexibility index (Phi) is 47.2. The molecule has 0 aromatic rings. The monoisotopic (exact) mass is 1050 g/mol. The number of carbonyl (C=O) groups excluding carboxylic acids is 2. The van der Waals surface area contributed by atoms with Crippen molar-refractivity contribution in [3.63, 3.8) is 0 Å². The number of nitrogens with one attached hydrogen (secondary N) is 1. The molecule has 0 aliphatic carbocycles. The Labute approximate surface area is 456 Å². The highest BCUT2D eigenvalue weighted by atomic mass is 16.7. The number of aliphatic hydroxyl groups excluding tert-OH is 5. The number of esters is 1. The average molecular weight is 1050 g/mol. The van der Waals surface area contributed by atoms with Gasteiger partial charge in [0.1, 0.15) is 24.4 Å². The largest absolute Gasteiger partial charge is 0.454 e. The fourth-order valence-corrected chi connectivity index (χ4v) is 8.53. The Hall–Kier alpha value is -3.68. The maximum absolute atomic E-state index is 13.4. The first-order valence-electron chi connectivity index (χ1n) is 29.7. The number of hydrogen-bond acceptors (Lipinski definition) is 10. The second kappa shape index (κ2) is 51.1. The number of carbonyl (C=O) groups is 2. The third kappa shape index (κ3) is 39.4. The third-order valence-corrected chi connectivity index (χ3v) is 13.3. The number of hydrogen-bond donors (Lipinski definition) is 6. The van der Waals surface area contributed by atoms with Crippen LogP contribution in [0.25, 0.3) is 0 Å². The van der Waals surface area contributed by atoms with Crippen LogP contribution in [0.1, 0.15) is 220 Å². The van der Waals surface area contributed by atoms with Crippen molar-refractivity contribution >= 4 is 11.9 Å². The van der Waals surface area contributed by atoms with Gasteiger partial charge in [-0.2, -0.15) is 0 Å². The van der Waals surface area contributed by atoms with E-state index in [0.29, 0.717) is 12.8 Å². The lowest BCUT2D eigenvalue weighted by atomic mass is 9.99. The minimum absolute atomic E-state index is 0.0692. The van der Waals surface area contributed by atoms with E-state index in [1.165, 1.54) is 77.0 Å². The Bertz CT molecular complexity index is 1630. The van der Waals surface area contributed by atoms with Gasteiger partial charge in [-0.05, 0) is 89.9 Å². The van der Waals surface area contributed by atoms with Crippen molar-refractivity contribution in [2.75, 3.05) is 13.2 Å². The Morgan fingerprint density at radius 2 is 1.01 bits per heavy atom. The summed E-state index contributed by atoms with van der Waals surface area (Å²) >= 11 is 0. The molecule has 0 saturated carbocycles. The predicted molar refractivity (Wildman–Crippen MR) is 310 cm³/mol. The molecule has 75 heavy (non-hydrogen) atoms. The average Bonchev–Trinajstić information content (AvgIpc) is 3.41. The summed E-state index contributed by atoms with van der Waals surface area (Å²) in [7, 11) is 0. The SMILES string of the molecule is CC/C=C/C=C/C=C\C=C/CCCCCC(=O)OC1C(OCC(NC(=O)C(O)CCCCCC/C=C\C/C=C\C/C=C\C/C=C\CCCCC)C(O)/C=C/CCCCCCCCCCCCC)OC(CO)C(O)C1O. The van der Waals surface area contributed by atoms with Crippen LogP contribution < -0.4 is 5.32 Å². The van der Waals surface area contributed by atoms with E-state index in [-0.39, 0.29) is 19.4 Å². The molecule has 8 atom stereocenters. The number of ether oxygens (including phenoxy) is 3. The van der Waals surface area contributed by atoms with Crippen LogP contribution in [0.5, 0.6) is 0 Å². The predicted octanol–water partition coefficient (Wildman–Crippen LogP) is 13.7. The molecule has 6 N–H and O–H groups in total. The highest BCUT2D eigenvalue weighted by Gasteiger charge is 2.47. The molecule has 0 radical (unpaired) electrons. The van der Waals surface area contributed by atoms with E-state index in [0.717, 1.165) is 96.3 Å². The zero-order valence-corrected chi connectivity index (χ0v) is 47.1. The maximum atomic E-state index is 13.4. The molecule has 8 unspecified atom stereocenters. The van der Waals surface area contributed by atoms with Crippen molar-refractivity contribution < 1.29 is 49.3 Å². The van der Waals surface area contributed by atoms with Crippen LogP contribution in [0.3, 0.4) is 0 Å². The molecule has 1 aliphatic rings. The number of aliphatic hydroxyl groups is 5. The fourth-order valence-electron chi connectivity index (χ4n) is 8.53. The molecule has 428 valence electrons. The summed E-state index contributed by atoms with van der Waals surface area (Å²) in [5, 5.41) is 56.9. The molecule has 0 aromatic heterocycles. The summed E-state index contributed by atoms with van der Waals surface area (Å²) < 4.78 is 17.5. The molecule has 1 heterocycles. The minimum Gasteiger partial charge on any atom is -0.454 e. The summed E-state index contributed by atoms with van der Waals surface area (Å²) in [6.07, 6.45) is 58.4. The van der Waals surface area contributed by atoms with Gasteiger partial charge in [-0.25, -0.2) is 0 Å². The van der Waals surface area contributed by atoms with E-state index in [9.17, 15) is 35.1 Å². The van der Waals surface area contributed by atoms with Crippen LogP contribution in [-0.2, 0) is 23.8 Å². The molecule has 1 saturated heterocycles. The highest BCUT2D eigenvalue weighted by Crippen LogP contribution is 2.26. The van der Waals surface area contributed by atoms with Crippen LogP contribution in [-0.4, -0.2) is 99.6 Å². The van der Waals surface area contributed by atoms with E-state index in [4.69, 9.17) is 14.2 Å². The first-order chi connectivity index (χ1) is 36.7. The van der Waals surface area contributed by atoms with Gasteiger partial charge in [-0.1, -0.05) is 233 Å². The fraction of sp³-hybridized carbons (Fsp3) is 0.688. The van der Waals surface area contributed by atoms with Gasteiger partial charge in [-0.3, -0.25) is 9.59 Å². The molecule has 0 spiro atoms. The smallest absolute Gasteiger partial charge is 0.306 e. The zero-order chi connectivity index (χ0) is 54.7. The summed E-state index contributed by atoms with van der Waals surface area (Å²) in [4.78, 5) is 26.5. The Balaban J connectivity index is 2.76. The molecule has 0 aromatic carbocycles. The van der Waals surface area contributed by atoms with Crippen LogP contribution in [0.15, 0.2) is 109 Å². The van der Waals surface area contributed by atoms with Crippen LogP contribution in [0.4, 0.5) is 0 Å². The lowest BCUT2D eigenvalue weighted by Crippen LogP contribution is -2.61. The van der Waals surface area contributed by atoms with E-state index in [1.807, 2.05) is 42.5 Å². The quantitative estimate of drug-likeness (QED) is 0.0149. The summed E-state index contributed by atoms with van der Waals surface area (Å²) in [5.74, 6) is -1.26. The maximum Gasteiger partial charge on any atom is 0.306 e. The van der Waals surface area contributed by atoms with E-state index >= 15 is 0 Å². The van der Waals surface area contributed by atoms with Gasteiger partial charge in [0.2, 0.25) is 5.91 Å². The molecule has 1 aliphatic heterocycles. The molecular formula is C64H107NO10. The molecule has 1 fully saturated rings. The van der Waals surface area contributed by atoms with Crippen LogP contribution in [0.2, 0.25) is 0 Å². The normalized spacial score (nSPS) is 20.0. The second-order valence-corrected chi connectivity index (χ2v) is 20.1. The van der Waals surface area contributed by atoms with Crippen molar-refractivity contribution in [1.29, 1.82) is 0 Å². The number of rotatable bonds is 48. The van der Waals surface area contributed by atoms with E-state index in [1.54, 1.807) is 6.08 Å². The zero-order valence-electron chi connectivity index (χ0n) is 47.1. The molecule has 1 rings (SSSR count). The molecular weight excluding hydrogens is 943 g/mol. The van der Waals surface area contributed by atoms with Crippen molar-refractivity contribution in [2.45, 2.75) is 269 Å². The minimum atomic E-state index is -1.64. The van der Waals surface area contributed by atoms with Crippen molar-refractivity contribution in [1.82, 2.24) is 5.32 Å². The van der Waals surface area contributed by atoms with Gasteiger partial charge < -0.3 is 45.1 Å². The Morgan fingerprint density at radius 3 is 1.59 bits per heavy atom. The lowest BCUT2D eigenvalue weighted by molar-refractivity contribution is -0.305. The molecule has 11 nitrogen and oxygen atoms in total. The number of unbranched alkanes of at least 4 members (excludes halogenated alkanes) is 21. The van der Waals surface area contributed by atoms with E-state index < -0.39 is 67.4 Å². The molecule has 1 amide bonds. The van der Waals surface area contributed by atoms with E-state index in [2.05, 4.69) is 86.8 Å².